The lowest BCUT2D eigenvalue weighted by Crippen LogP contribution is -2.33. The van der Waals surface area contributed by atoms with Gasteiger partial charge in [0.1, 0.15) is 12.7 Å². The SMILES string of the molecule is COc1ccc(CN2CCc3sccc3C2)cc1OCC(O)CN1CCCC1. The van der Waals surface area contributed by atoms with E-state index >= 15 is 0 Å². The van der Waals surface area contributed by atoms with Crippen molar-refractivity contribution in [3.63, 3.8) is 0 Å². The number of β-amino-alcohol motifs (C(OH)–C–C–N with tert-alkyl or cyclic N) is 1. The highest BCUT2D eigenvalue weighted by molar-refractivity contribution is 7.10. The highest BCUT2D eigenvalue weighted by atomic mass is 32.1. The van der Waals surface area contributed by atoms with Crippen LogP contribution < -0.4 is 9.47 Å². The number of fused-ring (bicyclic) bond motifs is 1. The molecular formula is C22H30N2O3S. The van der Waals surface area contributed by atoms with Crippen molar-refractivity contribution >= 4 is 11.3 Å². The summed E-state index contributed by atoms with van der Waals surface area (Å²) in [7, 11) is 1.66. The average molecular weight is 403 g/mol. The van der Waals surface area contributed by atoms with Crippen molar-refractivity contribution < 1.29 is 14.6 Å². The molecule has 2 aliphatic heterocycles. The number of likely N-dealkylation sites (tertiary alicyclic amines) is 1. The number of nitrogens with zero attached hydrogens (tertiary/aromatic N) is 2. The van der Waals surface area contributed by atoms with E-state index in [9.17, 15) is 5.11 Å². The fourth-order valence-corrected chi connectivity index (χ4v) is 5.02. The number of rotatable bonds is 8. The van der Waals surface area contributed by atoms with Crippen LogP contribution >= 0.6 is 11.3 Å². The molecule has 2 aliphatic rings. The van der Waals surface area contributed by atoms with E-state index < -0.39 is 6.10 Å². The Morgan fingerprint density at radius 3 is 2.79 bits per heavy atom. The second-order valence-corrected chi connectivity index (χ2v) is 8.79. The largest absolute Gasteiger partial charge is 0.493 e. The second-order valence-electron chi connectivity index (χ2n) is 7.79. The number of thiophene rings is 1. The first-order chi connectivity index (χ1) is 13.7. The Balaban J connectivity index is 1.35. The van der Waals surface area contributed by atoms with Crippen molar-refractivity contribution in [3.05, 3.63) is 45.6 Å². The molecule has 1 aromatic heterocycles. The number of aliphatic hydroxyl groups excluding tert-OH is 1. The Morgan fingerprint density at radius 1 is 1.11 bits per heavy atom. The van der Waals surface area contributed by atoms with Gasteiger partial charge in [0.05, 0.1) is 7.11 Å². The average Bonchev–Trinajstić information content (AvgIpc) is 3.38. The highest BCUT2D eigenvalue weighted by Gasteiger charge is 2.19. The maximum Gasteiger partial charge on any atom is 0.161 e. The Labute approximate surface area is 171 Å². The van der Waals surface area contributed by atoms with Gasteiger partial charge in [0.15, 0.2) is 11.5 Å². The zero-order valence-electron chi connectivity index (χ0n) is 16.6. The summed E-state index contributed by atoms with van der Waals surface area (Å²) in [5.41, 5.74) is 2.68. The van der Waals surface area contributed by atoms with Crippen molar-refractivity contribution in [2.45, 2.75) is 38.5 Å². The fourth-order valence-electron chi connectivity index (χ4n) is 4.13. The summed E-state index contributed by atoms with van der Waals surface area (Å²) in [5.74, 6) is 1.43. The Hall–Kier alpha value is -1.60. The van der Waals surface area contributed by atoms with Crippen LogP contribution in [-0.4, -0.2) is 60.9 Å². The minimum Gasteiger partial charge on any atom is -0.493 e. The number of methoxy groups -OCH3 is 1. The van der Waals surface area contributed by atoms with Gasteiger partial charge >= 0.3 is 0 Å². The van der Waals surface area contributed by atoms with E-state index in [2.05, 4.69) is 33.4 Å². The molecule has 2 aromatic rings. The van der Waals surface area contributed by atoms with Crippen molar-refractivity contribution in [2.24, 2.45) is 0 Å². The fraction of sp³-hybridized carbons (Fsp3) is 0.545. The number of hydrogen-bond acceptors (Lipinski definition) is 6. The van der Waals surface area contributed by atoms with Gasteiger partial charge in [-0.3, -0.25) is 4.90 Å². The van der Waals surface area contributed by atoms with Crippen LogP contribution in [0.15, 0.2) is 29.6 Å². The van der Waals surface area contributed by atoms with Crippen molar-refractivity contribution in [1.82, 2.24) is 9.80 Å². The molecular weight excluding hydrogens is 372 g/mol. The third kappa shape index (κ3) is 4.87. The van der Waals surface area contributed by atoms with Crippen LogP contribution in [-0.2, 0) is 19.5 Å². The molecule has 0 saturated carbocycles. The quantitative estimate of drug-likeness (QED) is 0.735. The summed E-state index contributed by atoms with van der Waals surface area (Å²) < 4.78 is 11.4. The Kier molecular flexibility index (Phi) is 6.52. The van der Waals surface area contributed by atoms with Gasteiger partial charge in [0.25, 0.3) is 0 Å². The maximum atomic E-state index is 10.3. The van der Waals surface area contributed by atoms with E-state index in [1.165, 1.54) is 28.8 Å². The topological polar surface area (TPSA) is 45.2 Å². The molecule has 152 valence electrons. The summed E-state index contributed by atoms with van der Waals surface area (Å²) in [5, 5.41) is 12.5. The minimum absolute atomic E-state index is 0.290. The van der Waals surface area contributed by atoms with Gasteiger partial charge in [-0.15, -0.1) is 11.3 Å². The number of ether oxygens (including phenoxy) is 2. The molecule has 5 nitrogen and oxygen atoms in total. The van der Waals surface area contributed by atoms with E-state index in [0.29, 0.717) is 12.3 Å². The Bertz CT molecular complexity index is 773. The third-order valence-corrected chi connectivity index (χ3v) is 6.64. The number of aliphatic hydroxyl groups is 1. The van der Waals surface area contributed by atoms with E-state index in [0.717, 1.165) is 44.9 Å². The predicted octanol–water partition coefficient (Wildman–Crippen LogP) is 3.15. The first-order valence-electron chi connectivity index (χ1n) is 10.2. The summed E-state index contributed by atoms with van der Waals surface area (Å²) in [6.45, 7) is 6.12. The molecule has 1 saturated heterocycles. The Morgan fingerprint density at radius 2 is 1.96 bits per heavy atom. The monoisotopic (exact) mass is 402 g/mol. The summed E-state index contributed by atoms with van der Waals surface area (Å²) in [6, 6.07) is 8.38. The predicted molar refractivity (Wildman–Crippen MR) is 112 cm³/mol. The van der Waals surface area contributed by atoms with E-state index in [4.69, 9.17) is 9.47 Å². The molecule has 1 unspecified atom stereocenters. The molecule has 6 heteroatoms. The van der Waals surface area contributed by atoms with Gasteiger partial charge in [-0.05, 0) is 67.1 Å². The molecule has 4 rings (SSSR count). The van der Waals surface area contributed by atoms with Crippen molar-refractivity contribution in [3.8, 4) is 11.5 Å². The lowest BCUT2D eigenvalue weighted by Gasteiger charge is -2.27. The third-order valence-electron chi connectivity index (χ3n) is 5.62. The summed E-state index contributed by atoms with van der Waals surface area (Å²) in [4.78, 5) is 6.31. The van der Waals surface area contributed by atoms with E-state index in [1.54, 1.807) is 7.11 Å². The molecule has 1 atom stereocenters. The molecule has 0 amide bonds. The molecule has 0 aliphatic carbocycles. The van der Waals surface area contributed by atoms with Gasteiger partial charge < -0.3 is 19.5 Å². The van der Waals surface area contributed by atoms with Gasteiger partial charge in [-0.2, -0.15) is 0 Å². The van der Waals surface area contributed by atoms with Crippen LogP contribution in [0.1, 0.15) is 28.8 Å². The number of benzene rings is 1. The normalized spacial score (nSPS) is 18.8. The second kappa shape index (κ2) is 9.27. The van der Waals surface area contributed by atoms with Crippen LogP contribution in [0.2, 0.25) is 0 Å². The van der Waals surface area contributed by atoms with E-state index in [1.807, 2.05) is 17.4 Å². The smallest absolute Gasteiger partial charge is 0.161 e. The van der Waals surface area contributed by atoms with Crippen LogP contribution in [0.4, 0.5) is 0 Å². The molecule has 3 heterocycles. The number of hydrogen-bond donors (Lipinski definition) is 1. The molecule has 1 fully saturated rings. The van der Waals surface area contributed by atoms with Gasteiger partial charge in [-0.25, -0.2) is 0 Å². The van der Waals surface area contributed by atoms with Crippen LogP contribution in [0.3, 0.4) is 0 Å². The lowest BCUT2D eigenvalue weighted by molar-refractivity contribution is 0.0746. The van der Waals surface area contributed by atoms with E-state index in [-0.39, 0.29) is 6.61 Å². The molecule has 0 spiro atoms. The lowest BCUT2D eigenvalue weighted by atomic mass is 10.1. The minimum atomic E-state index is -0.481. The standard InChI is InChI=1S/C22H30N2O3S/c1-26-20-5-4-17(13-24-10-6-22-18(14-24)7-11-28-22)12-21(20)27-16-19(25)15-23-8-2-3-9-23/h4-5,7,11-12,19,25H,2-3,6,8-10,13-16H2,1H3. The molecule has 1 aromatic carbocycles. The van der Waals surface area contributed by atoms with Crippen LogP contribution in [0.5, 0.6) is 11.5 Å². The van der Waals surface area contributed by atoms with Crippen LogP contribution in [0, 0.1) is 0 Å². The van der Waals surface area contributed by atoms with Gasteiger partial charge in [-0.1, -0.05) is 6.07 Å². The van der Waals surface area contributed by atoms with Crippen molar-refractivity contribution in [1.29, 1.82) is 0 Å². The zero-order chi connectivity index (χ0) is 19.3. The highest BCUT2D eigenvalue weighted by Crippen LogP contribution is 2.30. The first kappa shape index (κ1) is 19.7. The van der Waals surface area contributed by atoms with Crippen LogP contribution in [0.25, 0.3) is 0 Å². The maximum absolute atomic E-state index is 10.3. The zero-order valence-corrected chi connectivity index (χ0v) is 17.4. The summed E-state index contributed by atoms with van der Waals surface area (Å²) in [6.07, 6.45) is 3.11. The first-order valence-corrected chi connectivity index (χ1v) is 11.1. The molecule has 0 bridgehead atoms. The molecule has 1 N–H and O–H groups in total. The summed E-state index contributed by atoms with van der Waals surface area (Å²) >= 11 is 1.87. The molecule has 28 heavy (non-hydrogen) atoms. The van der Waals surface area contributed by atoms with Crippen molar-refractivity contribution in [2.75, 3.05) is 39.9 Å². The van der Waals surface area contributed by atoms with Gasteiger partial charge in [0, 0.05) is 31.1 Å². The molecule has 0 radical (unpaired) electrons. The van der Waals surface area contributed by atoms with Gasteiger partial charge in [0.2, 0.25) is 0 Å².